The first kappa shape index (κ1) is 13.9. The zero-order chi connectivity index (χ0) is 14.5. The lowest BCUT2D eigenvalue weighted by Crippen LogP contribution is -2.07. The maximum Gasteiger partial charge on any atom is 0.303 e. The number of hydrogen-bond donors (Lipinski definition) is 1. The lowest BCUT2D eigenvalue weighted by molar-refractivity contribution is -0.137. The number of methoxy groups -OCH3 is 1. The summed E-state index contributed by atoms with van der Waals surface area (Å²) >= 11 is 0. The number of carboxylic acids is 1. The van der Waals surface area contributed by atoms with E-state index in [9.17, 15) is 4.79 Å². The Morgan fingerprint density at radius 3 is 3.00 bits per heavy atom. The Balaban J connectivity index is 2.10. The number of aromatic nitrogens is 4. The standard InChI is InChI=1S/C12H14N4O4/c1-7(4-11(17)18)3-10-15-12(16-20-10)8-5-9(19-2)14-6-13-8/h5-7H,3-4H2,1-2H3,(H,17,18). The number of nitrogens with zero attached hydrogens (tertiary/aromatic N) is 4. The summed E-state index contributed by atoms with van der Waals surface area (Å²) in [5.41, 5.74) is 0.484. The van der Waals surface area contributed by atoms with Crippen molar-refractivity contribution in [1.29, 1.82) is 0 Å². The number of carbonyl (C=O) groups is 1. The molecule has 0 saturated heterocycles. The van der Waals surface area contributed by atoms with Gasteiger partial charge in [0.15, 0.2) is 0 Å². The van der Waals surface area contributed by atoms with E-state index in [0.717, 1.165) is 0 Å². The molecule has 0 aliphatic carbocycles. The second kappa shape index (κ2) is 6.09. The summed E-state index contributed by atoms with van der Waals surface area (Å²) in [6.45, 7) is 1.81. The lowest BCUT2D eigenvalue weighted by Gasteiger charge is -2.03. The minimum Gasteiger partial charge on any atom is -0.481 e. The second-order valence-electron chi connectivity index (χ2n) is 4.36. The normalized spacial score (nSPS) is 12.1. The Labute approximate surface area is 114 Å². The summed E-state index contributed by atoms with van der Waals surface area (Å²) < 4.78 is 10.1. The van der Waals surface area contributed by atoms with Crippen molar-refractivity contribution in [3.8, 4) is 17.4 Å². The van der Waals surface area contributed by atoms with Gasteiger partial charge in [0.2, 0.25) is 17.6 Å². The molecule has 2 heterocycles. The minimum absolute atomic E-state index is 0.0546. The molecule has 8 nitrogen and oxygen atoms in total. The van der Waals surface area contributed by atoms with Crippen molar-refractivity contribution in [2.45, 2.75) is 19.8 Å². The van der Waals surface area contributed by atoms with Crippen LogP contribution in [0.1, 0.15) is 19.2 Å². The summed E-state index contributed by atoms with van der Waals surface area (Å²) in [5, 5.41) is 12.5. The Morgan fingerprint density at radius 2 is 2.30 bits per heavy atom. The van der Waals surface area contributed by atoms with Gasteiger partial charge in [-0.1, -0.05) is 12.1 Å². The van der Waals surface area contributed by atoms with Crippen molar-refractivity contribution in [1.82, 2.24) is 20.1 Å². The zero-order valence-corrected chi connectivity index (χ0v) is 11.1. The maximum absolute atomic E-state index is 10.6. The molecule has 8 heteroatoms. The molecule has 1 unspecified atom stereocenters. The molecule has 0 radical (unpaired) electrons. The molecule has 0 spiro atoms. The van der Waals surface area contributed by atoms with Crippen LogP contribution in [0, 0.1) is 5.92 Å². The van der Waals surface area contributed by atoms with Gasteiger partial charge in [0.05, 0.1) is 7.11 Å². The molecule has 2 aromatic heterocycles. The van der Waals surface area contributed by atoms with E-state index in [0.29, 0.717) is 29.7 Å². The van der Waals surface area contributed by atoms with E-state index in [-0.39, 0.29) is 12.3 Å². The van der Waals surface area contributed by atoms with Crippen LogP contribution in [0.3, 0.4) is 0 Å². The number of hydrogen-bond acceptors (Lipinski definition) is 7. The third-order valence-corrected chi connectivity index (χ3v) is 2.59. The minimum atomic E-state index is -0.849. The highest BCUT2D eigenvalue weighted by Gasteiger charge is 2.15. The molecule has 0 bridgehead atoms. The van der Waals surface area contributed by atoms with Crippen LogP contribution in [0.25, 0.3) is 11.5 Å². The average Bonchev–Trinajstić information content (AvgIpc) is 2.86. The highest BCUT2D eigenvalue weighted by Crippen LogP contribution is 2.18. The topological polar surface area (TPSA) is 111 Å². The summed E-state index contributed by atoms with van der Waals surface area (Å²) in [6.07, 6.45) is 1.80. The summed E-state index contributed by atoms with van der Waals surface area (Å²) in [7, 11) is 1.50. The van der Waals surface area contributed by atoms with Crippen LogP contribution in [-0.2, 0) is 11.2 Å². The number of rotatable bonds is 6. The first-order valence-electron chi connectivity index (χ1n) is 5.99. The first-order valence-corrected chi connectivity index (χ1v) is 5.99. The molecule has 106 valence electrons. The van der Waals surface area contributed by atoms with Crippen molar-refractivity contribution < 1.29 is 19.2 Å². The van der Waals surface area contributed by atoms with Gasteiger partial charge in [-0.25, -0.2) is 9.97 Å². The fourth-order valence-electron chi connectivity index (χ4n) is 1.68. The summed E-state index contributed by atoms with van der Waals surface area (Å²) in [4.78, 5) is 22.7. The number of carboxylic acid groups (broad SMARTS) is 1. The lowest BCUT2D eigenvalue weighted by atomic mass is 10.0. The van der Waals surface area contributed by atoms with E-state index in [1.807, 2.05) is 6.92 Å². The van der Waals surface area contributed by atoms with Gasteiger partial charge in [0.1, 0.15) is 12.0 Å². The van der Waals surface area contributed by atoms with E-state index in [4.69, 9.17) is 14.4 Å². The van der Waals surface area contributed by atoms with Crippen LogP contribution >= 0.6 is 0 Å². The van der Waals surface area contributed by atoms with E-state index >= 15 is 0 Å². The molecular weight excluding hydrogens is 264 g/mol. The van der Waals surface area contributed by atoms with Gasteiger partial charge in [0, 0.05) is 18.9 Å². The number of aliphatic carboxylic acids is 1. The van der Waals surface area contributed by atoms with Crippen LogP contribution in [0.5, 0.6) is 5.88 Å². The quantitative estimate of drug-likeness (QED) is 0.838. The molecular formula is C12H14N4O4. The molecule has 2 aromatic rings. The second-order valence-corrected chi connectivity index (χ2v) is 4.36. The predicted molar refractivity (Wildman–Crippen MR) is 67.0 cm³/mol. The SMILES string of the molecule is COc1cc(-c2noc(CC(C)CC(=O)O)n2)ncn1. The zero-order valence-electron chi connectivity index (χ0n) is 11.1. The van der Waals surface area contributed by atoms with Gasteiger partial charge in [-0.2, -0.15) is 4.98 Å². The Hall–Kier alpha value is -2.51. The van der Waals surface area contributed by atoms with Crippen LogP contribution in [0.15, 0.2) is 16.9 Å². The Kier molecular flexibility index (Phi) is 4.24. The largest absolute Gasteiger partial charge is 0.481 e. The molecule has 0 aliphatic heterocycles. The van der Waals surface area contributed by atoms with Crippen LogP contribution in [0.4, 0.5) is 0 Å². The fourth-order valence-corrected chi connectivity index (χ4v) is 1.68. The molecule has 0 saturated carbocycles. The van der Waals surface area contributed by atoms with Gasteiger partial charge < -0.3 is 14.4 Å². The smallest absolute Gasteiger partial charge is 0.303 e. The Morgan fingerprint density at radius 1 is 1.50 bits per heavy atom. The highest BCUT2D eigenvalue weighted by atomic mass is 16.5. The average molecular weight is 278 g/mol. The van der Waals surface area contributed by atoms with E-state index in [1.165, 1.54) is 13.4 Å². The van der Waals surface area contributed by atoms with Crippen molar-refractivity contribution in [2.75, 3.05) is 7.11 Å². The van der Waals surface area contributed by atoms with Gasteiger partial charge in [-0.15, -0.1) is 0 Å². The fraction of sp³-hybridized carbons (Fsp3) is 0.417. The monoisotopic (exact) mass is 278 g/mol. The predicted octanol–water partition coefficient (Wildman–Crippen LogP) is 1.19. The molecule has 1 N–H and O–H groups in total. The van der Waals surface area contributed by atoms with E-state index < -0.39 is 5.97 Å². The van der Waals surface area contributed by atoms with Gasteiger partial charge >= 0.3 is 5.97 Å². The van der Waals surface area contributed by atoms with Crippen molar-refractivity contribution in [2.24, 2.45) is 5.92 Å². The van der Waals surface area contributed by atoms with Crippen molar-refractivity contribution in [3.05, 3.63) is 18.3 Å². The van der Waals surface area contributed by atoms with Crippen LogP contribution in [-0.4, -0.2) is 38.3 Å². The molecule has 1 atom stereocenters. The summed E-state index contributed by atoms with van der Waals surface area (Å²) in [6, 6.07) is 1.59. The Bertz CT molecular complexity index is 599. The third kappa shape index (κ3) is 3.50. The van der Waals surface area contributed by atoms with Crippen LogP contribution in [0.2, 0.25) is 0 Å². The first-order chi connectivity index (χ1) is 9.58. The van der Waals surface area contributed by atoms with Gasteiger partial charge in [-0.3, -0.25) is 4.79 Å². The van der Waals surface area contributed by atoms with Crippen molar-refractivity contribution in [3.63, 3.8) is 0 Å². The van der Waals surface area contributed by atoms with E-state index in [1.54, 1.807) is 6.07 Å². The molecule has 0 aliphatic rings. The molecule has 0 fully saturated rings. The van der Waals surface area contributed by atoms with Crippen LogP contribution < -0.4 is 4.74 Å². The molecule has 20 heavy (non-hydrogen) atoms. The van der Waals surface area contributed by atoms with Crippen molar-refractivity contribution >= 4 is 5.97 Å². The molecule has 0 amide bonds. The van der Waals surface area contributed by atoms with Gasteiger partial charge in [0.25, 0.3) is 0 Å². The highest BCUT2D eigenvalue weighted by molar-refractivity contribution is 5.66. The molecule has 2 rings (SSSR count). The van der Waals surface area contributed by atoms with E-state index in [2.05, 4.69) is 20.1 Å². The third-order valence-electron chi connectivity index (χ3n) is 2.59. The maximum atomic E-state index is 10.6. The number of ether oxygens (including phenoxy) is 1. The molecule has 0 aromatic carbocycles. The summed E-state index contributed by atoms with van der Waals surface area (Å²) in [5.74, 6) is 0.175. The van der Waals surface area contributed by atoms with Gasteiger partial charge in [-0.05, 0) is 5.92 Å².